The van der Waals surface area contributed by atoms with Crippen molar-refractivity contribution >= 4 is 23.5 Å². The lowest BCUT2D eigenvalue weighted by molar-refractivity contribution is 0.0389. The molecule has 0 aromatic carbocycles. The Kier molecular flexibility index (Phi) is 6.36. The van der Waals surface area contributed by atoms with Gasteiger partial charge < -0.3 is 10.1 Å². The summed E-state index contributed by atoms with van der Waals surface area (Å²) < 4.78 is 5.30. The highest BCUT2D eigenvalue weighted by Crippen LogP contribution is 1.94. The first kappa shape index (κ1) is 14.8. The maximum atomic E-state index is 5.30. The average Bonchev–Trinajstić information content (AvgIpc) is 2.49. The monoisotopic (exact) mass is 293 g/mol. The lowest BCUT2D eigenvalue weighted by atomic mass is 10.4. The zero-order chi connectivity index (χ0) is 14.0. The lowest BCUT2D eigenvalue weighted by Gasteiger charge is -2.26. The summed E-state index contributed by atoms with van der Waals surface area (Å²) >= 11 is 5.14. The van der Waals surface area contributed by atoms with E-state index >= 15 is 0 Å². The summed E-state index contributed by atoms with van der Waals surface area (Å²) in [5.74, 6) is 0. The van der Waals surface area contributed by atoms with E-state index in [1.54, 1.807) is 12.4 Å². The Morgan fingerprint density at radius 1 is 1.45 bits per heavy atom. The van der Waals surface area contributed by atoms with Crippen molar-refractivity contribution in [2.24, 2.45) is 5.10 Å². The third-order valence-electron chi connectivity index (χ3n) is 2.87. The lowest BCUT2D eigenvalue weighted by Crippen LogP contribution is -2.42. The van der Waals surface area contributed by atoms with Gasteiger partial charge in [0.05, 0.1) is 25.1 Å². The van der Waals surface area contributed by atoms with Crippen LogP contribution >= 0.6 is 12.2 Å². The summed E-state index contributed by atoms with van der Waals surface area (Å²) in [7, 11) is 0. The number of nitrogens with zero attached hydrogens (tertiary/aromatic N) is 3. The molecule has 0 unspecified atom stereocenters. The molecule has 1 aromatic heterocycles. The highest BCUT2D eigenvalue weighted by Gasteiger charge is 2.09. The van der Waals surface area contributed by atoms with Gasteiger partial charge in [0.2, 0.25) is 0 Å². The van der Waals surface area contributed by atoms with Crippen molar-refractivity contribution in [3.63, 3.8) is 0 Å². The molecule has 108 valence electrons. The van der Waals surface area contributed by atoms with Crippen LogP contribution in [0.15, 0.2) is 29.5 Å². The Morgan fingerprint density at radius 2 is 2.30 bits per heavy atom. The second-order valence-corrected chi connectivity index (χ2v) is 4.74. The molecule has 0 spiro atoms. The molecule has 2 N–H and O–H groups in total. The maximum Gasteiger partial charge on any atom is 0.187 e. The van der Waals surface area contributed by atoms with E-state index in [4.69, 9.17) is 17.0 Å². The van der Waals surface area contributed by atoms with E-state index in [2.05, 4.69) is 25.7 Å². The van der Waals surface area contributed by atoms with Crippen LogP contribution in [0.4, 0.5) is 0 Å². The van der Waals surface area contributed by atoms with Gasteiger partial charge in [-0.25, -0.2) is 0 Å². The molecule has 0 amide bonds. The van der Waals surface area contributed by atoms with Crippen LogP contribution in [-0.4, -0.2) is 60.6 Å². The molecule has 2 heterocycles. The fraction of sp³-hybridized carbons (Fsp3) is 0.462. The number of nitrogens with one attached hydrogen (secondary N) is 2. The zero-order valence-electron chi connectivity index (χ0n) is 11.3. The van der Waals surface area contributed by atoms with E-state index in [1.165, 1.54) is 0 Å². The Hall–Kier alpha value is -1.57. The quantitative estimate of drug-likeness (QED) is 0.460. The van der Waals surface area contributed by atoms with Crippen LogP contribution in [0, 0.1) is 0 Å². The molecule has 0 aliphatic carbocycles. The summed E-state index contributed by atoms with van der Waals surface area (Å²) in [5.41, 5.74) is 3.56. The average molecular weight is 293 g/mol. The first-order chi connectivity index (χ1) is 9.84. The van der Waals surface area contributed by atoms with Crippen molar-refractivity contribution in [1.82, 2.24) is 20.6 Å². The molecule has 1 fully saturated rings. The van der Waals surface area contributed by atoms with E-state index < -0.39 is 0 Å². The van der Waals surface area contributed by atoms with Crippen molar-refractivity contribution in [3.05, 3.63) is 30.1 Å². The van der Waals surface area contributed by atoms with Crippen molar-refractivity contribution in [1.29, 1.82) is 0 Å². The van der Waals surface area contributed by atoms with Crippen LogP contribution in [-0.2, 0) is 4.74 Å². The maximum absolute atomic E-state index is 5.30. The van der Waals surface area contributed by atoms with Crippen molar-refractivity contribution < 1.29 is 4.74 Å². The summed E-state index contributed by atoms with van der Waals surface area (Å²) in [5, 5.41) is 7.67. The molecule has 6 nitrogen and oxygen atoms in total. The van der Waals surface area contributed by atoms with Gasteiger partial charge in [-0.15, -0.1) is 0 Å². The molecule has 1 aliphatic heterocycles. The second kappa shape index (κ2) is 8.57. The van der Waals surface area contributed by atoms with Gasteiger partial charge in [0.25, 0.3) is 0 Å². The highest BCUT2D eigenvalue weighted by atomic mass is 32.1. The number of morpholine rings is 1. The smallest absolute Gasteiger partial charge is 0.187 e. The number of hydrogen-bond donors (Lipinski definition) is 2. The Labute approximate surface area is 124 Å². The van der Waals surface area contributed by atoms with E-state index in [0.717, 1.165) is 45.1 Å². The SMILES string of the molecule is S=C(NCCN1CCOCC1)N/N=C\c1ccccn1. The van der Waals surface area contributed by atoms with Crippen molar-refractivity contribution in [2.75, 3.05) is 39.4 Å². The molecule has 0 radical (unpaired) electrons. The number of rotatable bonds is 5. The number of hydrazone groups is 1. The largest absolute Gasteiger partial charge is 0.379 e. The van der Waals surface area contributed by atoms with Crippen LogP contribution in [0.1, 0.15) is 5.69 Å². The predicted octanol–water partition coefficient (Wildman–Crippen LogP) is 0.212. The number of hydrogen-bond acceptors (Lipinski definition) is 5. The van der Waals surface area contributed by atoms with Crippen LogP contribution < -0.4 is 10.7 Å². The first-order valence-electron chi connectivity index (χ1n) is 6.62. The predicted molar refractivity (Wildman–Crippen MR) is 82.8 cm³/mol. The topological polar surface area (TPSA) is 61.8 Å². The van der Waals surface area contributed by atoms with Crippen molar-refractivity contribution in [3.8, 4) is 0 Å². The number of pyridine rings is 1. The molecule has 20 heavy (non-hydrogen) atoms. The fourth-order valence-corrected chi connectivity index (χ4v) is 1.96. The normalized spacial score (nSPS) is 16.2. The van der Waals surface area contributed by atoms with E-state index in [0.29, 0.717) is 5.11 Å². The third kappa shape index (κ3) is 5.60. The minimum absolute atomic E-state index is 0.519. The van der Waals surface area contributed by atoms with Gasteiger partial charge >= 0.3 is 0 Å². The van der Waals surface area contributed by atoms with Gasteiger partial charge in [-0.2, -0.15) is 5.10 Å². The van der Waals surface area contributed by atoms with E-state index in [-0.39, 0.29) is 0 Å². The number of thiocarbonyl (C=S) groups is 1. The minimum Gasteiger partial charge on any atom is -0.379 e. The summed E-state index contributed by atoms with van der Waals surface area (Å²) in [6.07, 6.45) is 3.36. The Morgan fingerprint density at radius 3 is 3.05 bits per heavy atom. The van der Waals surface area contributed by atoms with Gasteiger partial charge in [-0.1, -0.05) is 6.07 Å². The van der Waals surface area contributed by atoms with Gasteiger partial charge in [0.15, 0.2) is 5.11 Å². The molecule has 0 atom stereocenters. The van der Waals surface area contributed by atoms with Gasteiger partial charge in [0, 0.05) is 32.4 Å². The molecular formula is C13H19N5OS. The van der Waals surface area contributed by atoms with Crippen molar-refractivity contribution in [2.45, 2.75) is 0 Å². The van der Waals surface area contributed by atoms with Gasteiger partial charge in [-0.3, -0.25) is 15.3 Å². The molecule has 1 aliphatic rings. The van der Waals surface area contributed by atoms with Crippen LogP contribution in [0.5, 0.6) is 0 Å². The van der Waals surface area contributed by atoms with Gasteiger partial charge in [0.1, 0.15) is 0 Å². The minimum atomic E-state index is 0.519. The summed E-state index contributed by atoms with van der Waals surface area (Å²) in [6, 6.07) is 5.65. The fourth-order valence-electron chi connectivity index (χ4n) is 1.80. The summed E-state index contributed by atoms with van der Waals surface area (Å²) in [4.78, 5) is 6.47. The molecule has 1 saturated heterocycles. The number of ether oxygens (including phenoxy) is 1. The Bertz CT molecular complexity index is 434. The van der Waals surface area contributed by atoms with Crippen LogP contribution in [0.2, 0.25) is 0 Å². The van der Waals surface area contributed by atoms with E-state index in [1.807, 2.05) is 18.2 Å². The van der Waals surface area contributed by atoms with E-state index in [9.17, 15) is 0 Å². The molecular weight excluding hydrogens is 274 g/mol. The standard InChI is InChI=1S/C13H19N5OS/c20-13(15-5-6-18-7-9-19-10-8-18)17-16-11-12-3-1-2-4-14-12/h1-4,11H,5-10H2,(H2,15,17,20)/b16-11-. The molecule has 0 bridgehead atoms. The summed E-state index contributed by atoms with van der Waals surface area (Å²) in [6.45, 7) is 5.35. The van der Waals surface area contributed by atoms with Crippen LogP contribution in [0.25, 0.3) is 0 Å². The molecule has 0 saturated carbocycles. The zero-order valence-corrected chi connectivity index (χ0v) is 12.1. The second-order valence-electron chi connectivity index (χ2n) is 4.33. The first-order valence-corrected chi connectivity index (χ1v) is 7.03. The third-order valence-corrected chi connectivity index (χ3v) is 3.10. The molecule has 1 aromatic rings. The van der Waals surface area contributed by atoms with Gasteiger partial charge in [-0.05, 0) is 24.4 Å². The highest BCUT2D eigenvalue weighted by molar-refractivity contribution is 7.80. The Balaban J connectivity index is 1.59. The molecule has 2 rings (SSSR count). The van der Waals surface area contributed by atoms with Crippen LogP contribution in [0.3, 0.4) is 0 Å². The molecule has 7 heteroatoms. The number of aromatic nitrogens is 1.